The first kappa shape index (κ1) is 23.0. The maximum absolute atomic E-state index is 12.7. The third kappa shape index (κ3) is 8.34. The van der Waals surface area contributed by atoms with Crippen LogP contribution in [0.1, 0.15) is 66.2 Å². The van der Waals surface area contributed by atoms with Crippen LogP contribution in [0.25, 0.3) is 0 Å². The quantitative estimate of drug-likeness (QED) is 0.602. The van der Waals surface area contributed by atoms with Gasteiger partial charge in [-0.2, -0.15) is 0 Å². The van der Waals surface area contributed by atoms with Crippen LogP contribution in [0.15, 0.2) is 24.3 Å². The van der Waals surface area contributed by atoms with Crippen molar-refractivity contribution < 1.29 is 19.1 Å². The predicted molar refractivity (Wildman–Crippen MR) is 115 cm³/mol. The molecule has 29 heavy (non-hydrogen) atoms. The van der Waals surface area contributed by atoms with Crippen molar-refractivity contribution in [1.82, 2.24) is 4.90 Å². The van der Waals surface area contributed by atoms with Gasteiger partial charge < -0.3 is 19.7 Å². The average Bonchev–Trinajstić information content (AvgIpc) is 2.68. The number of piperidine rings is 1. The van der Waals surface area contributed by atoms with Gasteiger partial charge in [0.1, 0.15) is 11.4 Å². The highest BCUT2D eigenvalue weighted by atomic mass is 16.6. The summed E-state index contributed by atoms with van der Waals surface area (Å²) in [6.07, 6.45) is 5.91. The van der Waals surface area contributed by atoms with Gasteiger partial charge in [-0.05, 0) is 64.3 Å². The van der Waals surface area contributed by atoms with Crippen molar-refractivity contribution in [2.45, 2.75) is 71.8 Å². The van der Waals surface area contributed by atoms with Crippen LogP contribution in [-0.2, 0) is 9.53 Å². The van der Waals surface area contributed by atoms with Crippen molar-refractivity contribution >= 4 is 17.7 Å². The first-order chi connectivity index (χ1) is 13.8. The highest BCUT2D eigenvalue weighted by molar-refractivity contribution is 5.93. The molecule has 1 N–H and O–H groups in total. The van der Waals surface area contributed by atoms with Gasteiger partial charge in [0.25, 0.3) is 0 Å². The van der Waals surface area contributed by atoms with Crippen molar-refractivity contribution in [2.24, 2.45) is 5.92 Å². The molecule has 162 valence electrons. The van der Waals surface area contributed by atoms with Crippen molar-refractivity contribution in [3.05, 3.63) is 24.3 Å². The van der Waals surface area contributed by atoms with Crippen molar-refractivity contribution in [2.75, 3.05) is 25.0 Å². The smallest absolute Gasteiger partial charge is 0.410 e. The van der Waals surface area contributed by atoms with E-state index in [1.54, 1.807) is 4.90 Å². The zero-order chi connectivity index (χ0) is 21.3. The van der Waals surface area contributed by atoms with E-state index in [1.165, 1.54) is 19.3 Å². The molecule has 1 fully saturated rings. The lowest BCUT2D eigenvalue weighted by molar-refractivity contribution is -0.121. The molecule has 2 amide bonds. The molecule has 2 rings (SSSR count). The summed E-state index contributed by atoms with van der Waals surface area (Å²) in [4.78, 5) is 26.6. The van der Waals surface area contributed by atoms with Crippen LogP contribution in [-0.4, -0.2) is 42.2 Å². The van der Waals surface area contributed by atoms with Gasteiger partial charge in [0.05, 0.1) is 12.5 Å². The fourth-order valence-corrected chi connectivity index (χ4v) is 3.28. The molecule has 0 radical (unpaired) electrons. The Morgan fingerprint density at radius 1 is 1.14 bits per heavy atom. The molecule has 1 aliphatic rings. The lowest BCUT2D eigenvalue weighted by Gasteiger charge is -2.33. The number of nitrogens with one attached hydrogen (secondary N) is 1. The zero-order valence-corrected chi connectivity index (χ0v) is 18.3. The molecule has 6 heteroatoms. The second kappa shape index (κ2) is 11.1. The molecule has 0 spiro atoms. The summed E-state index contributed by atoms with van der Waals surface area (Å²) in [6, 6.07) is 7.47. The molecule has 1 aliphatic heterocycles. The van der Waals surface area contributed by atoms with Crippen molar-refractivity contribution in [3.8, 4) is 5.75 Å². The Balaban J connectivity index is 1.80. The van der Waals surface area contributed by atoms with Crippen LogP contribution >= 0.6 is 0 Å². The summed E-state index contributed by atoms with van der Waals surface area (Å²) in [5.41, 5.74) is 0.203. The number of unbranched alkanes of at least 4 members (excludes halogenated alkanes) is 3. The van der Waals surface area contributed by atoms with Gasteiger partial charge in [0.15, 0.2) is 0 Å². The molecule has 1 unspecified atom stereocenters. The molecular weight excluding hydrogens is 368 g/mol. The lowest BCUT2D eigenvalue weighted by atomic mass is 9.97. The van der Waals surface area contributed by atoms with E-state index in [-0.39, 0.29) is 17.9 Å². The van der Waals surface area contributed by atoms with Crippen molar-refractivity contribution in [1.29, 1.82) is 0 Å². The molecular formula is C23H36N2O4. The first-order valence-corrected chi connectivity index (χ1v) is 10.8. The van der Waals surface area contributed by atoms with E-state index in [0.29, 0.717) is 19.7 Å². The summed E-state index contributed by atoms with van der Waals surface area (Å²) in [7, 11) is 0. The Bertz CT molecular complexity index is 652. The molecule has 1 aromatic rings. The number of carbonyl (C=O) groups is 2. The summed E-state index contributed by atoms with van der Waals surface area (Å²) >= 11 is 0. The van der Waals surface area contributed by atoms with E-state index in [9.17, 15) is 9.59 Å². The van der Waals surface area contributed by atoms with E-state index in [0.717, 1.165) is 30.7 Å². The second-order valence-corrected chi connectivity index (χ2v) is 8.69. The van der Waals surface area contributed by atoms with E-state index < -0.39 is 5.60 Å². The number of benzene rings is 1. The topological polar surface area (TPSA) is 67.9 Å². The van der Waals surface area contributed by atoms with E-state index in [2.05, 4.69) is 12.2 Å². The number of nitrogens with zero attached hydrogens (tertiary/aromatic N) is 1. The van der Waals surface area contributed by atoms with Gasteiger partial charge in [0.2, 0.25) is 5.91 Å². The van der Waals surface area contributed by atoms with Gasteiger partial charge in [-0.3, -0.25) is 4.79 Å². The molecule has 1 atom stereocenters. The maximum atomic E-state index is 12.7. The number of rotatable bonds is 8. The molecule has 1 aromatic carbocycles. The normalized spacial score (nSPS) is 17.0. The highest BCUT2D eigenvalue weighted by Gasteiger charge is 2.31. The van der Waals surface area contributed by atoms with E-state index in [4.69, 9.17) is 9.47 Å². The average molecular weight is 405 g/mol. The minimum atomic E-state index is -0.536. The number of likely N-dealkylation sites (tertiary alicyclic amines) is 1. The van der Waals surface area contributed by atoms with Gasteiger partial charge in [-0.1, -0.05) is 26.2 Å². The monoisotopic (exact) mass is 404 g/mol. The predicted octanol–water partition coefficient (Wildman–Crippen LogP) is 5.23. The second-order valence-electron chi connectivity index (χ2n) is 8.69. The molecule has 0 aliphatic carbocycles. The highest BCUT2D eigenvalue weighted by Crippen LogP contribution is 2.22. The van der Waals surface area contributed by atoms with Gasteiger partial charge >= 0.3 is 6.09 Å². The third-order valence-electron chi connectivity index (χ3n) is 4.83. The number of hydrogen-bond donors (Lipinski definition) is 1. The summed E-state index contributed by atoms with van der Waals surface area (Å²) < 4.78 is 11.2. The Morgan fingerprint density at radius 2 is 1.86 bits per heavy atom. The van der Waals surface area contributed by atoms with E-state index in [1.807, 2.05) is 45.0 Å². The molecule has 0 aromatic heterocycles. The minimum absolute atomic E-state index is 0.0634. The fraction of sp³-hybridized carbons (Fsp3) is 0.652. The maximum Gasteiger partial charge on any atom is 0.410 e. The SMILES string of the molecule is CCCCCCOc1ccc(NC(=O)C2CCCN(C(=O)OC(C)(C)C)C2)cc1. The molecule has 0 saturated carbocycles. The van der Waals surface area contributed by atoms with E-state index >= 15 is 0 Å². The Morgan fingerprint density at radius 3 is 2.52 bits per heavy atom. The lowest BCUT2D eigenvalue weighted by Crippen LogP contribution is -2.45. The number of amides is 2. The van der Waals surface area contributed by atoms with Gasteiger partial charge in [0, 0.05) is 18.8 Å². The Kier molecular flexibility index (Phi) is 8.80. The molecule has 0 bridgehead atoms. The minimum Gasteiger partial charge on any atom is -0.494 e. The summed E-state index contributed by atoms with van der Waals surface area (Å²) in [5, 5.41) is 2.96. The Labute approximate surface area is 174 Å². The first-order valence-electron chi connectivity index (χ1n) is 10.8. The van der Waals surface area contributed by atoms with Crippen LogP contribution in [0.2, 0.25) is 0 Å². The number of hydrogen-bond acceptors (Lipinski definition) is 4. The Hall–Kier alpha value is -2.24. The van der Waals surface area contributed by atoms with Crippen molar-refractivity contribution in [3.63, 3.8) is 0 Å². The largest absolute Gasteiger partial charge is 0.494 e. The van der Waals surface area contributed by atoms with Crippen LogP contribution in [0.5, 0.6) is 5.75 Å². The van der Waals surface area contributed by atoms with Crippen LogP contribution < -0.4 is 10.1 Å². The number of carbonyl (C=O) groups excluding carboxylic acids is 2. The van der Waals surface area contributed by atoms with Gasteiger partial charge in [-0.25, -0.2) is 4.79 Å². The van der Waals surface area contributed by atoms with Crippen LogP contribution in [0.4, 0.5) is 10.5 Å². The molecule has 1 saturated heterocycles. The molecule has 1 heterocycles. The fourth-order valence-electron chi connectivity index (χ4n) is 3.28. The standard InChI is InChI=1S/C23H36N2O4/c1-5-6-7-8-16-28-20-13-11-19(12-14-20)24-21(26)18-10-9-15-25(17-18)22(27)29-23(2,3)4/h11-14,18H,5-10,15-17H2,1-4H3,(H,24,26). The third-order valence-corrected chi connectivity index (χ3v) is 4.83. The summed E-state index contributed by atoms with van der Waals surface area (Å²) in [5.74, 6) is 0.519. The van der Waals surface area contributed by atoms with Crippen LogP contribution in [0, 0.1) is 5.92 Å². The van der Waals surface area contributed by atoms with Crippen LogP contribution in [0.3, 0.4) is 0 Å². The number of anilines is 1. The molecule has 6 nitrogen and oxygen atoms in total. The summed E-state index contributed by atoms with van der Waals surface area (Å²) in [6.45, 7) is 9.46. The zero-order valence-electron chi connectivity index (χ0n) is 18.3. The number of ether oxygens (including phenoxy) is 2. The van der Waals surface area contributed by atoms with Gasteiger partial charge in [-0.15, -0.1) is 0 Å².